The molecule has 0 radical (unpaired) electrons. The molecule has 5 nitrogen and oxygen atoms in total. The summed E-state index contributed by atoms with van der Waals surface area (Å²) in [5, 5.41) is 3.05. The predicted molar refractivity (Wildman–Crippen MR) is 117 cm³/mol. The number of carbonyl (C=O) groups is 2. The Morgan fingerprint density at radius 2 is 1.77 bits per heavy atom. The second-order valence-corrected chi connectivity index (χ2v) is 7.66. The van der Waals surface area contributed by atoms with Gasteiger partial charge in [0.05, 0.1) is 5.69 Å². The number of nitrogens with zero attached hydrogens (tertiary/aromatic N) is 2. The highest BCUT2D eigenvalue weighted by molar-refractivity contribution is 6.06. The monoisotopic (exact) mass is 400 g/mol. The maximum absolute atomic E-state index is 13.6. The highest BCUT2D eigenvalue weighted by atomic mass is 16.2. The van der Waals surface area contributed by atoms with Crippen molar-refractivity contribution in [3.63, 3.8) is 0 Å². The zero-order chi connectivity index (χ0) is 21.3. The van der Waals surface area contributed by atoms with Gasteiger partial charge in [-0.2, -0.15) is 4.57 Å². The van der Waals surface area contributed by atoms with Gasteiger partial charge in [-0.05, 0) is 43.0 Å². The largest absolute Gasteiger partial charge is 0.324 e. The first-order valence-corrected chi connectivity index (χ1v) is 10.3. The molecule has 0 saturated heterocycles. The molecule has 1 atom stereocenters. The summed E-state index contributed by atoms with van der Waals surface area (Å²) in [5.74, 6) is -0.310. The summed E-state index contributed by atoms with van der Waals surface area (Å²) in [5.41, 5.74) is 5.41. The van der Waals surface area contributed by atoms with Crippen LogP contribution in [0.2, 0.25) is 0 Å². The number of nitrogens with one attached hydrogen (secondary N) is 1. The van der Waals surface area contributed by atoms with Crippen molar-refractivity contribution in [3.8, 4) is 0 Å². The van der Waals surface area contributed by atoms with Gasteiger partial charge in [-0.3, -0.25) is 14.5 Å². The Hall–Kier alpha value is -3.47. The van der Waals surface area contributed by atoms with Gasteiger partial charge in [-0.15, -0.1) is 0 Å². The van der Waals surface area contributed by atoms with Gasteiger partial charge >= 0.3 is 0 Å². The van der Waals surface area contributed by atoms with Crippen LogP contribution in [0, 0.1) is 13.8 Å². The second kappa shape index (κ2) is 8.11. The first-order chi connectivity index (χ1) is 14.5. The number of benzene rings is 2. The SMILES string of the molecule is CCc1cccc(C)c1N1C(=O)C[n+]2ccccc2[C@H]1C(=O)Nc1ccccc1C. The summed E-state index contributed by atoms with van der Waals surface area (Å²) in [6.07, 6.45) is 2.64. The molecule has 1 aliphatic rings. The van der Waals surface area contributed by atoms with Crippen molar-refractivity contribution in [2.75, 3.05) is 10.2 Å². The van der Waals surface area contributed by atoms with Crippen LogP contribution in [-0.2, 0) is 22.6 Å². The summed E-state index contributed by atoms with van der Waals surface area (Å²) in [6, 6.07) is 18.6. The molecule has 3 aromatic rings. The summed E-state index contributed by atoms with van der Waals surface area (Å²) in [6.45, 7) is 6.23. The molecule has 30 heavy (non-hydrogen) atoms. The van der Waals surface area contributed by atoms with Crippen molar-refractivity contribution >= 4 is 23.2 Å². The number of amides is 2. The van der Waals surface area contributed by atoms with Crippen LogP contribution in [0.1, 0.15) is 35.3 Å². The lowest BCUT2D eigenvalue weighted by Gasteiger charge is -2.34. The minimum absolute atomic E-state index is 0.0902. The second-order valence-electron chi connectivity index (χ2n) is 7.66. The molecule has 2 heterocycles. The number of anilines is 2. The Labute approximate surface area is 177 Å². The number of aromatic nitrogens is 1. The summed E-state index contributed by atoms with van der Waals surface area (Å²) in [4.78, 5) is 28.6. The van der Waals surface area contributed by atoms with E-state index in [9.17, 15) is 9.59 Å². The maximum Gasteiger partial charge on any atom is 0.294 e. The Morgan fingerprint density at radius 1 is 1.03 bits per heavy atom. The average Bonchev–Trinajstić information content (AvgIpc) is 2.74. The van der Waals surface area contributed by atoms with Crippen LogP contribution in [0.25, 0.3) is 0 Å². The molecular formula is C25H26N3O2+. The molecule has 1 aromatic heterocycles. The van der Waals surface area contributed by atoms with Gasteiger partial charge in [0.15, 0.2) is 6.20 Å². The van der Waals surface area contributed by atoms with Crippen LogP contribution in [-0.4, -0.2) is 11.8 Å². The van der Waals surface area contributed by atoms with E-state index in [0.29, 0.717) is 0 Å². The van der Waals surface area contributed by atoms with Crippen molar-refractivity contribution in [1.29, 1.82) is 0 Å². The minimum Gasteiger partial charge on any atom is -0.324 e. The Balaban J connectivity index is 1.85. The number of aryl methyl sites for hydroxylation is 3. The van der Waals surface area contributed by atoms with E-state index < -0.39 is 6.04 Å². The first kappa shape index (κ1) is 19.8. The lowest BCUT2D eigenvalue weighted by molar-refractivity contribution is -0.695. The zero-order valence-corrected chi connectivity index (χ0v) is 17.6. The van der Waals surface area contributed by atoms with Gasteiger partial charge in [0.25, 0.3) is 11.8 Å². The molecule has 2 aromatic carbocycles. The molecule has 5 heteroatoms. The third-order valence-electron chi connectivity index (χ3n) is 5.68. The van der Waals surface area contributed by atoms with Gasteiger partial charge in [0.1, 0.15) is 0 Å². The molecule has 1 aliphatic heterocycles. The van der Waals surface area contributed by atoms with E-state index in [4.69, 9.17) is 0 Å². The molecule has 2 amide bonds. The smallest absolute Gasteiger partial charge is 0.294 e. The lowest BCUT2D eigenvalue weighted by Crippen LogP contribution is -2.58. The molecule has 152 valence electrons. The fourth-order valence-electron chi connectivity index (χ4n) is 4.15. The van der Waals surface area contributed by atoms with Crippen molar-refractivity contribution < 1.29 is 14.2 Å². The van der Waals surface area contributed by atoms with E-state index in [1.165, 1.54) is 0 Å². The van der Waals surface area contributed by atoms with Gasteiger partial charge in [0.2, 0.25) is 18.3 Å². The maximum atomic E-state index is 13.6. The van der Waals surface area contributed by atoms with Gasteiger partial charge < -0.3 is 5.32 Å². The standard InChI is InChI=1S/C25H25N3O2/c1-4-19-12-9-11-18(3)23(19)28-22(29)16-27-15-8-7-14-21(27)24(28)25(30)26-20-13-6-5-10-17(20)2/h5-15,24H,4,16H2,1-3H3/p+1/t24-/m0/s1. The van der Waals surface area contributed by atoms with Crippen LogP contribution in [0.3, 0.4) is 0 Å². The summed E-state index contributed by atoms with van der Waals surface area (Å²) < 4.78 is 1.87. The molecule has 0 saturated carbocycles. The molecule has 0 bridgehead atoms. The van der Waals surface area contributed by atoms with E-state index in [1.54, 1.807) is 4.90 Å². The van der Waals surface area contributed by atoms with Gasteiger partial charge in [-0.25, -0.2) is 0 Å². The number of carbonyl (C=O) groups excluding carboxylic acids is 2. The summed E-state index contributed by atoms with van der Waals surface area (Å²) in [7, 11) is 0. The number of pyridine rings is 1. The average molecular weight is 401 g/mol. The lowest BCUT2D eigenvalue weighted by atomic mass is 9.99. The topological polar surface area (TPSA) is 53.3 Å². The van der Waals surface area contributed by atoms with Crippen LogP contribution < -0.4 is 14.8 Å². The van der Waals surface area contributed by atoms with E-state index >= 15 is 0 Å². The fourth-order valence-corrected chi connectivity index (χ4v) is 4.15. The molecule has 0 fully saturated rings. The number of hydrogen-bond donors (Lipinski definition) is 1. The molecule has 4 rings (SSSR count). The van der Waals surface area contributed by atoms with E-state index in [1.807, 2.05) is 85.3 Å². The number of fused-ring (bicyclic) bond motifs is 1. The molecule has 0 spiro atoms. The van der Waals surface area contributed by atoms with E-state index in [2.05, 4.69) is 12.2 Å². The molecular weight excluding hydrogens is 374 g/mol. The predicted octanol–water partition coefficient (Wildman–Crippen LogP) is 3.88. The Bertz CT molecular complexity index is 1120. The number of hydrogen-bond acceptors (Lipinski definition) is 2. The van der Waals surface area contributed by atoms with Crippen LogP contribution in [0.15, 0.2) is 66.9 Å². The first-order valence-electron chi connectivity index (χ1n) is 10.3. The van der Waals surface area contributed by atoms with E-state index in [-0.39, 0.29) is 18.4 Å². The zero-order valence-electron chi connectivity index (χ0n) is 17.6. The van der Waals surface area contributed by atoms with Crippen LogP contribution in [0.4, 0.5) is 11.4 Å². The molecule has 0 aliphatic carbocycles. The molecule has 0 unspecified atom stereocenters. The third kappa shape index (κ3) is 3.47. The van der Waals surface area contributed by atoms with Crippen molar-refractivity contribution in [1.82, 2.24) is 0 Å². The Morgan fingerprint density at radius 3 is 2.53 bits per heavy atom. The van der Waals surface area contributed by atoms with Crippen molar-refractivity contribution in [2.24, 2.45) is 0 Å². The van der Waals surface area contributed by atoms with Crippen molar-refractivity contribution in [2.45, 2.75) is 39.8 Å². The summed E-state index contributed by atoms with van der Waals surface area (Å²) >= 11 is 0. The highest BCUT2D eigenvalue weighted by Crippen LogP contribution is 2.35. The highest BCUT2D eigenvalue weighted by Gasteiger charge is 2.44. The minimum atomic E-state index is -0.751. The van der Waals surface area contributed by atoms with Crippen LogP contribution >= 0.6 is 0 Å². The van der Waals surface area contributed by atoms with E-state index in [0.717, 1.165) is 40.2 Å². The van der Waals surface area contributed by atoms with Gasteiger partial charge in [0, 0.05) is 17.8 Å². The normalized spacial score (nSPS) is 15.6. The third-order valence-corrected chi connectivity index (χ3v) is 5.68. The molecule has 1 N–H and O–H groups in total. The van der Waals surface area contributed by atoms with Gasteiger partial charge in [-0.1, -0.05) is 49.4 Å². The number of rotatable bonds is 4. The Kier molecular flexibility index (Phi) is 5.36. The van der Waals surface area contributed by atoms with Crippen LogP contribution in [0.5, 0.6) is 0 Å². The fraction of sp³-hybridized carbons (Fsp3) is 0.240. The number of para-hydroxylation sites is 2. The van der Waals surface area contributed by atoms with Crippen molar-refractivity contribution in [3.05, 3.63) is 89.2 Å². The quantitative estimate of drug-likeness (QED) is 0.676.